The topological polar surface area (TPSA) is 59.1 Å². The van der Waals surface area contributed by atoms with E-state index >= 15 is 0 Å². The molecule has 7 heteroatoms. The second-order valence-corrected chi connectivity index (χ2v) is 9.06. The summed E-state index contributed by atoms with van der Waals surface area (Å²) in [7, 11) is -0.474. The van der Waals surface area contributed by atoms with Crippen molar-refractivity contribution < 1.29 is 17.9 Å². The summed E-state index contributed by atoms with van der Waals surface area (Å²) in [6.45, 7) is 3.63. The van der Waals surface area contributed by atoms with E-state index in [0.717, 1.165) is 26.1 Å². The molecule has 0 atom stereocenters. The summed E-state index contributed by atoms with van der Waals surface area (Å²) in [6, 6.07) is 4.76. The second-order valence-electron chi connectivity index (χ2n) is 7.12. The number of rotatable bonds is 7. The van der Waals surface area contributed by atoms with Crippen LogP contribution in [0.4, 0.5) is 0 Å². The van der Waals surface area contributed by atoms with Crippen molar-refractivity contribution in [2.45, 2.75) is 37.0 Å². The summed E-state index contributed by atoms with van der Waals surface area (Å²) in [5, 5.41) is 0. The zero-order valence-electron chi connectivity index (χ0n) is 16.3. The van der Waals surface area contributed by atoms with Crippen molar-refractivity contribution in [3.8, 4) is 11.5 Å². The molecule has 1 aliphatic heterocycles. The zero-order valence-corrected chi connectivity index (χ0v) is 17.1. The van der Waals surface area contributed by atoms with Gasteiger partial charge in [0.25, 0.3) is 0 Å². The van der Waals surface area contributed by atoms with Gasteiger partial charge < -0.3 is 14.4 Å². The van der Waals surface area contributed by atoms with Gasteiger partial charge in [0.15, 0.2) is 11.5 Å². The summed E-state index contributed by atoms with van der Waals surface area (Å²) in [5.74, 6) is 0.955. The highest BCUT2D eigenvalue weighted by Crippen LogP contribution is 2.31. The molecule has 2 aliphatic rings. The third kappa shape index (κ3) is 4.83. The lowest BCUT2D eigenvalue weighted by Crippen LogP contribution is -2.48. The van der Waals surface area contributed by atoms with Crippen molar-refractivity contribution in [1.29, 1.82) is 0 Å². The fraction of sp³-hybridized carbons (Fsp3) is 0.600. The Kier molecular flexibility index (Phi) is 6.78. The molecular formula is C20H30N2O4S. The average molecular weight is 395 g/mol. The molecule has 1 aromatic carbocycles. The van der Waals surface area contributed by atoms with E-state index in [1.165, 1.54) is 46.0 Å². The van der Waals surface area contributed by atoms with Crippen LogP contribution in [0.3, 0.4) is 0 Å². The molecule has 0 bridgehead atoms. The molecule has 0 unspecified atom stereocenters. The van der Waals surface area contributed by atoms with Crippen molar-refractivity contribution in [2.75, 3.05) is 46.9 Å². The molecule has 0 amide bonds. The molecule has 150 valence electrons. The Morgan fingerprint density at radius 1 is 1.00 bits per heavy atom. The van der Waals surface area contributed by atoms with Crippen LogP contribution in [-0.2, 0) is 10.0 Å². The maximum absolute atomic E-state index is 13.0. The highest BCUT2D eigenvalue weighted by atomic mass is 32.2. The van der Waals surface area contributed by atoms with Gasteiger partial charge in [0.1, 0.15) is 0 Å². The van der Waals surface area contributed by atoms with E-state index in [4.69, 9.17) is 9.47 Å². The number of methoxy groups -OCH3 is 2. The van der Waals surface area contributed by atoms with Crippen LogP contribution in [0.25, 0.3) is 0 Å². The summed E-state index contributed by atoms with van der Waals surface area (Å²) < 4.78 is 38.0. The van der Waals surface area contributed by atoms with Crippen molar-refractivity contribution >= 4 is 10.0 Å². The van der Waals surface area contributed by atoms with Gasteiger partial charge >= 0.3 is 0 Å². The highest BCUT2D eigenvalue weighted by Gasteiger charge is 2.29. The number of nitrogens with zero attached hydrogens (tertiary/aromatic N) is 2. The van der Waals surface area contributed by atoms with Gasteiger partial charge in [0, 0.05) is 38.8 Å². The first-order chi connectivity index (χ1) is 13.0. The summed E-state index contributed by atoms with van der Waals surface area (Å²) >= 11 is 0. The highest BCUT2D eigenvalue weighted by molar-refractivity contribution is 7.89. The number of sulfonamides is 1. The summed E-state index contributed by atoms with van der Waals surface area (Å²) in [5.41, 5.74) is 1.57. The van der Waals surface area contributed by atoms with E-state index in [2.05, 4.69) is 11.0 Å². The van der Waals surface area contributed by atoms with Crippen molar-refractivity contribution in [3.63, 3.8) is 0 Å². The van der Waals surface area contributed by atoms with Crippen molar-refractivity contribution in [2.24, 2.45) is 0 Å². The van der Waals surface area contributed by atoms with Gasteiger partial charge in [-0.25, -0.2) is 8.42 Å². The Labute approximate surface area is 162 Å². The predicted molar refractivity (Wildman–Crippen MR) is 106 cm³/mol. The SMILES string of the molecule is COc1ccc(S(=O)(=O)N2CCN(CCC3=CCCCC3)CC2)cc1OC. The number of ether oxygens (including phenoxy) is 2. The van der Waals surface area contributed by atoms with Gasteiger partial charge in [-0.05, 0) is 44.2 Å². The lowest BCUT2D eigenvalue weighted by atomic mass is 9.97. The first-order valence-electron chi connectivity index (χ1n) is 9.67. The van der Waals surface area contributed by atoms with E-state index in [1.807, 2.05) is 0 Å². The largest absolute Gasteiger partial charge is 0.493 e. The molecule has 0 aromatic heterocycles. The smallest absolute Gasteiger partial charge is 0.243 e. The molecule has 0 spiro atoms. The van der Waals surface area contributed by atoms with E-state index in [-0.39, 0.29) is 4.90 Å². The van der Waals surface area contributed by atoms with Crippen LogP contribution in [0.1, 0.15) is 32.1 Å². The van der Waals surface area contributed by atoms with E-state index in [9.17, 15) is 8.42 Å². The predicted octanol–water partition coefficient (Wildman–Crippen LogP) is 2.90. The average Bonchev–Trinajstić information content (AvgIpc) is 2.72. The molecule has 1 heterocycles. The Morgan fingerprint density at radius 3 is 2.37 bits per heavy atom. The maximum Gasteiger partial charge on any atom is 0.243 e. The number of hydrogen-bond acceptors (Lipinski definition) is 5. The van der Waals surface area contributed by atoms with Crippen LogP contribution in [0.2, 0.25) is 0 Å². The molecule has 0 radical (unpaired) electrons. The van der Waals surface area contributed by atoms with E-state index in [1.54, 1.807) is 22.0 Å². The van der Waals surface area contributed by atoms with Crippen LogP contribution < -0.4 is 9.47 Å². The molecule has 0 N–H and O–H groups in total. The summed E-state index contributed by atoms with van der Waals surface area (Å²) in [6.07, 6.45) is 8.57. The van der Waals surface area contributed by atoms with E-state index in [0.29, 0.717) is 24.6 Å². The molecule has 3 rings (SSSR count). The van der Waals surface area contributed by atoms with Crippen LogP contribution in [0.15, 0.2) is 34.7 Å². The molecule has 27 heavy (non-hydrogen) atoms. The van der Waals surface area contributed by atoms with E-state index < -0.39 is 10.0 Å². The normalized spacial score (nSPS) is 19.6. The maximum atomic E-state index is 13.0. The van der Waals surface area contributed by atoms with Crippen molar-refractivity contribution in [3.05, 3.63) is 29.8 Å². The first kappa shape index (κ1) is 20.2. The molecule has 1 saturated heterocycles. The second kappa shape index (κ2) is 9.08. The Hall–Kier alpha value is -1.57. The number of hydrogen-bond donors (Lipinski definition) is 0. The molecule has 0 saturated carbocycles. The fourth-order valence-electron chi connectivity index (χ4n) is 3.75. The van der Waals surface area contributed by atoms with Gasteiger partial charge in [0.2, 0.25) is 10.0 Å². The van der Waals surface area contributed by atoms with Crippen LogP contribution in [-0.4, -0.2) is 64.6 Å². The Morgan fingerprint density at radius 2 is 1.74 bits per heavy atom. The number of piperazine rings is 1. The lowest BCUT2D eigenvalue weighted by molar-refractivity contribution is 0.189. The molecule has 6 nitrogen and oxygen atoms in total. The summed E-state index contributed by atoms with van der Waals surface area (Å²) in [4.78, 5) is 2.62. The quantitative estimate of drug-likeness (QED) is 0.666. The van der Waals surface area contributed by atoms with Crippen LogP contribution in [0.5, 0.6) is 11.5 Å². The van der Waals surface area contributed by atoms with Gasteiger partial charge in [0.05, 0.1) is 19.1 Å². The molecule has 1 aliphatic carbocycles. The minimum absolute atomic E-state index is 0.251. The van der Waals surface area contributed by atoms with Crippen LogP contribution >= 0.6 is 0 Å². The van der Waals surface area contributed by atoms with Gasteiger partial charge in [-0.15, -0.1) is 0 Å². The standard InChI is InChI=1S/C20H30N2O4S/c1-25-19-9-8-18(16-20(19)26-2)27(23,24)22-14-12-21(13-15-22)11-10-17-6-4-3-5-7-17/h6,8-9,16H,3-5,7,10-15H2,1-2H3. The molecule has 1 fully saturated rings. The Balaban J connectivity index is 1.58. The van der Waals surface area contributed by atoms with Gasteiger partial charge in [-0.3, -0.25) is 0 Å². The van der Waals surface area contributed by atoms with Crippen molar-refractivity contribution in [1.82, 2.24) is 9.21 Å². The Bertz CT molecular complexity index is 768. The molecular weight excluding hydrogens is 364 g/mol. The van der Waals surface area contributed by atoms with Gasteiger partial charge in [-0.2, -0.15) is 4.31 Å². The zero-order chi connectivity index (χ0) is 19.3. The third-order valence-corrected chi connectivity index (χ3v) is 7.35. The first-order valence-corrected chi connectivity index (χ1v) is 11.1. The lowest BCUT2D eigenvalue weighted by Gasteiger charge is -2.34. The minimum atomic E-state index is -3.52. The fourth-order valence-corrected chi connectivity index (χ4v) is 5.19. The van der Waals surface area contributed by atoms with Crippen LogP contribution in [0, 0.1) is 0 Å². The minimum Gasteiger partial charge on any atom is -0.493 e. The monoisotopic (exact) mass is 394 g/mol. The molecule has 1 aromatic rings. The number of benzene rings is 1. The third-order valence-electron chi connectivity index (χ3n) is 5.46. The van der Waals surface area contributed by atoms with Gasteiger partial charge in [-0.1, -0.05) is 11.6 Å². The number of allylic oxidation sites excluding steroid dienone is 1.